The van der Waals surface area contributed by atoms with Gasteiger partial charge in [-0.25, -0.2) is 0 Å². The molecule has 0 radical (unpaired) electrons. The number of rotatable bonds is 6. The van der Waals surface area contributed by atoms with Crippen LogP contribution in [0.1, 0.15) is 38.8 Å². The van der Waals surface area contributed by atoms with Crippen molar-refractivity contribution in [3.8, 4) is 5.75 Å². The third-order valence-corrected chi connectivity index (χ3v) is 3.13. The monoisotopic (exact) mass is 251 g/mol. The molecule has 0 saturated heterocycles. The smallest absolute Gasteiger partial charge is 0.304 e. The molecule has 0 aliphatic heterocycles. The third-order valence-electron chi connectivity index (χ3n) is 3.13. The minimum Gasteiger partial charge on any atom is -0.508 e. The Labute approximate surface area is 108 Å². The molecule has 2 N–H and O–H groups in total. The number of benzene rings is 1. The number of aliphatic carboxylic acids is 1. The zero-order chi connectivity index (χ0) is 13.7. The molecule has 1 unspecified atom stereocenters. The predicted molar refractivity (Wildman–Crippen MR) is 70.6 cm³/mol. The highest BCUT2D eigenvalue weighted by molar-refractivity contribution is 5.66. The molecule has 4 nitrogen and oxygen atoms in total. The van der Waals surface area contributed by atoms with Gasteiger partial charge in [0.1, 0.15) is 5.75 Å². The van der Waals surface area contributed by atoms with E-state index in [9.17, 15) is 9.90 Å². The number of phenols is 1. The summed E-state index contributed by atoms with van der Waals surface area (Å²) in [5.41, 5.74) is 0.830. The first kappa shape index (κ1) is 14.5. The number of carboxylic acids is 1. The van der Waals surface area contributed by atoms with Gasteiger partial charge >= 0.3 is 5.97 Å². The van der Waals surface area contributed by atoms with Crippen molar-refractivity contribution in [1.82, 2.24) is 4.90 Å². The first-order valence-electron chi connectivity index (χ1n) is 6.19. The van der Waals surface area contributed by atoms with Gasteiger partial charge in [-0.2, -0.15) is 0 Å². The summed E-state index contributed by atoms with van der Waals surface area (Å²) in [6.45, 7) is 6.51. The normalized spacial score (nSPS) is 12.9. The van der Waals surface area contributed by atoms with Crippen molar-refractivity contribution in [2.45, 2.75) is 39.3 Å². The van der Waals surface area contributed by atoms with Crippen molar-refractivity contribution in [2.75, 3.05) is 6.54 Å². The first-order chi connectivity index (χ1) is 8.43. The molecule has 0 spiro atoms. The van der Waals surface area contributed by atoms with Crippen LogP contribution in [0.2, 0.25) is 0 Å². The molecule has 1 rings (SSSR count). The first-order valence-corrected chi connectivity index (χ1v) is 6.19. The number of hydrogen-bond acceptors (Lipinski definition) is 3. The van der Waals surface area contributed by atoms with Crippen LogP contribution in [-0.2, 0) is 4.79 Å². The lowest BCUT2D eigenvalue weighted by atomic mass is 10.0. The molecule has 100 valence electrons. The Balaban J connectivity index is 2.86. The van der Waals surface area contributed by atoms with Gasteiger partial charge in [0.25, 0.3) is 0 Å². The highest BCUT2D eigenvalue weighted by Gasteiger charge is 2.21. The quantitative estimate of drug-likeness (QED) is 0.816. The number of nitrogens with zero attached hydrogens (tertiary/aromatic N) is 1. The summed E-state index contributed by atoms with van der Waals surface area (Å²) in [6, 6.07) is 7.39. The minimum absolute atomic E-state index is 0.00875. The van der Waals surface area contributed by atoms with Crippen LogP contribution >= 0.6 is 0 Å². The lowest BCUT2D eigenvalue weighted by Crippen LogP contribution is -2.35. The van der Waals surface area contributed by atoms with E-state index in [-0.39, 0.29) is 24.3 Å². The molecular weight excluding hydrogens is 230 g/mol. The van der Waals surface area contributed by atoms with Crippen molar-refractivity contribution in [1.29, 1.82) is 0 Å². The Hall–Kier alpha value is -1.55. The third kappa shape index (κ3) is 3.74. The van der Waals surface area contributed by atoms with Crippen molar-refractivity contribution < 1.29 is 15.0 Å². The topological polar surface area (TPSA) is 60.8 Å². The van der Waals surface area contributed by atoms with E-state index >= 15 is 0 Å². The summed E-state index contributed by atoms with van der Waals surface area (Å²) in [7, 11) is 0. The number of phenolic OH excluding ortho intramolecular Hbond substituents is 1. The zero-order valence-electron chi connectivity index (χ0n) is 11.1. The number of para-hydroxylation sites is 1. The van der Waals surface area contributed by atoms with Crippen molar-refractivity contribution in [2.24, 2.45) is 0 Å². The van der Waals surface area contributed by atoms with Crippen LogP contribution in [0.25, 0.3) is 0 Å². The maximum Gasteiger partial charge on any atom is 0.304 e. The summed E-state index contributed by atoms with van der Waals surface area (Å²) in [6.07, 6.45) is 0.107. The van der Waals surface area contributed by atoms with E-state index in [1.807, 2.05) is 32.9 Å². The van der Waals surface area contributed by atoms with Gasteiger partial charge in [-0.1, -0.05) is 18.2 Å². The Bertz CT molecular complexity index is 404. The molecule has 1 aromatic carbocycles. The van der Waals surface area contributed by atoms with Crippen LogP contribution in [0.5, 0.6) is 5.75 Å². The van der Waals surface area contributed by atoms with Crippen molar-refractivity contribution >= 4 is 5.97 Å². The Morgan fingerprint density at radius 1 is 1.28 bits per heavy atom. The average Bonchev–Trinajstić information content (AvgIpc) is 2.28. The zero-order valence-corrected chi connectivity index (χ0v) is 11.1. The molecule has 0 amide bonds. The lowest BCUT2D eigenvalue weighted by molar-refractivity contribution is -0.137. The summed E-state index contributed by atoms with van der Waals surface area (Å²) in [5.74, 6) is -0.545. The van der Waals surface area contributed by atoms with Gasteiger partial charge in [-0.05, 0) is 26.8 Å². The fourth-order valence-electron chi connectivity index (χ4n) is 2.14. The van der Waals surface area contributed by atoms with Gasteiger partial charge < -0.3 is 10.2 Å². The van der Waals surface area contributed by atoms with Gasteiger partial charge in [-0.3, -0.25) is 9.69 Å². The molecule has 1 atom stereocenters. The van der Waals surface area contributed by atoms with Gasteiger partial charge in [0, 0.05) is 24.2 Å². The number of carbonyl (C=O) groups is 1. The number of hydrogen-bond donors (Lipinski definition) is 2. The van der Waals surface area contributed by atoms with Crippen molar-refractivity contribution in [3.63, 3.8) is 0 Å². The molecule has 1 aromatic rings. The van der Waals surface area contributed by atoms with Crippen LogP contribution in [0.3, 0.4) is 0 Å². The fourth-order valence-corrected chi connectivity index (χ4v) is 2.14. The number of aromatic hydroxyl groups is 1. The molecule has 0 aliphatic carbocycles. The molecule has 18 heavy (non-hydrogen) atoms. The molecule has 0 aromatic heterocycles. The fraction of sp³-hybridized carbons (Fsp3) is 0.500. The molecule has 0 fully saturated rings. The van der Waals surface area contributed by atoms with Gasteiger partial charge in [0.15, 0.2) is 0 Å². The number of carboxylic acid groups (broad SMARTS) is 1. The van der Waals surface area contributed by atoms with E-state index in [0.29, 0.717) is 6.54 Å². The summed E-state index contributed by atoms with van der Waals surface area (Å²) < 4.78 is 0. The van der Waals surface area contributed by atoms with Crippen LogP contribution in [0, 0.1) is 0 Å². The van der Waals surface area contributed by atoms with Gasteiger partial charge in [0.2, 0.25) is 0 Å². The Morgan fingerprint density at radius 2 is 1.89 bits per heavy atom. The van der Waals surface area contributed by atoms with Crippen LogP contribution in [0.4, 0.5) is 0 Å². The summed E-state index contributed by atoms with van der Waals surface area (Å²) in [5, 5.41) is 18.6. The molecule has 0 heterocycles. The molecular formula is C14H21NO3. The predicted octanol–water partition coefficient (Wildman–Crippen LogP) is 2.64. The molecule has 0 bridgehead atoms. The second-order valence-corrected chi connectivity index (χ2v) is 4.71. The van der Waals surface area contributed by atoms with Gasteiger partial charge in [0.05, 0.1) is 6.42 Å². The van der Waals surface area contributed by atoms with E-state index in [1.165, 1.54) is 0 Å². The molecule has 0 aliphatic rings. The summed E-state index contributed by atoms with van der Waals surface area (Å²) >= 11 is 0. The van der Waals surface area contributed by atoms with Crippen LogP contribution < -0.4 is 0 Å². The molecule has 0 saturated carbocycles. The van der Waals surface area contributed by atoms with E-state index in [4.69, 9.17) is 5.11 Å². The second kappa shape index (κ2) is 6.40. The second-order valence-electron chi connectivity index (χ2n) is 4.71. The van der Waals surface area contributed by atoms with E-state index < -0.39 is 5.97 Å². The van der Waals surface area contributed by atoms with Crippen LogP contribution in [0.15, 0.2) is 24.3 Å². The van der Waals surface area contributed by atoms with E-state index in [1.54, 1.807) is 12.1 Å². The average molecular weight is 251 g/mol. The lowest BCUT2D eigenvalue weighted by Gasteiger charge is -2.32. The maximum absolute atomic E-state index is 10.7. The Morgan fingerprint density at radius 3 is 2.39 bits per heavy atom. The summed E-state index contributed by atoms with van der Waals surface area (Å²) in [4.78, 5) is 12.7. The van der Waals surface area contributed by atoms with Crippen molar-refractivity contribution in [3.05, 3.63) is 29.8 Å². The SMILES string of the molecule is CC(C)N(CCC(=O)O)C(C)c1ccccc1O. The van der Waals surface area contributed by atoms with Crippen LogP contribution in [-0.4, -0.2) is 33.7 Å². The van der Waals surface area contributed by atoms with Gasteiger partial charge in [-0.15, -0.1) is 0 Å². The standard InChI is InChI=1S/C14H21NO3/c1-10(2)15(9-8-14(17)18)11(3)12-6-4-5-7-13(12)16/h4-7,10-11,16H,8-9H2,1-3H3,(H,17,18). The molecule has 4 heteroatoms. The largest absolute Gasteiger partial charge is 0.508 e. The maximum atomic E-state index is 10.7. The highest BCUT2D eigenvalue weighted by atomic mass is 16.4. The minimum atomic E-state index is -0.801. The highest BCUT2D eigenvalue weighted by Crippen LogP contribution is 2.29. The Kier molecular flexibility index (Phi) is 5.16. The van der Waals surface area contributed by atoms with E-state index in [0.717, 1.165) is 5.56 Å². The van der Waals surface area contributed by atoms with E-state index in [2.05, 4.69) is 4.90 Å².